The summed E-state index contributed by atoms with van der Waals surface area (Å²) in [6.07, 6.45) is 1.82. The third-order valence-electron chi connectivity index (χ3n) is 3.02. The van der Waals surface area contributed by atoms with Crippen molar-refractivity contribution in [3.05, 3.63) is 30.1 Å². The van der Waals surface area contributed by atoms with Gasteiger partial charge in [0.2, 0.25) is 0 Å². The average Bonchev–Trinajstić information content (AvgIpc) is 2.70. The molecule has 1 heterocycles. The molecule has 2 rings (SSSR count). The number of hydrogen-bond acceptors (Lipinski definition) is 4. The summed E-state index contributed by atoms with van der Waals surface area (Å²) in [6, 6.07) is 6.09. The fourth-order valence-electron chi connectivity index (χ4n) is 2.11. The maximum absolute atomic E-state index is 8.93. The Kier molecular flexibility index (Phi) is 3.96. The summed E-state index contributed by atoms with van der Waals surface area (Å²) in [5.41, 5.74) is 9.06. The van der Waals surface area contributed by atoms with Gasteiger partial charge in [-0.3, -0.25) is 0 Å². The lowest BCUT2D eigenvalue weighted by molar-refractivity contribution is 0.218. The molecule has 0 aliphatic heterocycles. The minimum absolute atomic E-state index is 0.0175. The molecule has 18 heavy (non-hydrogen) atoms. The van der Waals surface area contributed by atoms with Crippen molar-refractivity contribution in [2.45, 2.75) is 12.6 Å². The lowest BCUT2D eigenvalue weighted by Gasteiger charge is -2.19. The molecule has 0 aliphatic carbocycles. The maximum Gasteiger partial charge on any atom is 0.0955 e. The Morgan fingerprint density at radius 1 is 1.50 bits per heavy atom. The maximum atomic E-state index is 8.93. The van der Waals surface area contributed by atoms with Gasteiger partial charge in [0.05, 0.1) is 24.0 Å². The van der Waals surface area contributed by atoms with E-state index in [1.54, 1.807) is 0 Å². The summed E-state index contributed by atoms with van der Waals surface area (Å²) >= 11 is 0. The Morgan fingerprint density at radius 2 is 2.28 bits per heavy atom. The van der Waals surface area contributed by atoms with Gasteiger partial charge in [-0.15, -0.1) is 0 Å². The number of aliphatic hydroxyl groups excluding tert-OH is 1. The second kappa shape index (κ2) is 5.48. The molecule has 0 radical (unpaired) electrons. The number of nitrogens with zero attached hydrogens (tertiary/aromatic N) is 3. The van der Waals surface area contributed by atoms with Gasteiger partial charge in [0.15, 0.2) is 0 Å². The van der Waals surface area contributed by atoms with Crippen molar-refractivity contribution in [1.29, 1.82) is 0 Å². The van der Waals surface area contributed by atoms with Crippen LogP contribution in [0.25, 0.3) is 11.0 Å². The van der Waals surface area contributed by atoms with Crippen LogP contribution in [0, 0.1) is 0 Å². The van der Waals surface area contributed by atoms with E-state index >= 15 is 0 Å². The summed E-state index contributed by atoms with van der Waals surface area (Å²) < 4.78 is 2.00. The molecule has 1 atom stereocenters. The van der Waals surface area contributed by atoms with Crippen molar-refractivity contribution in [2.24, 2.45) is 12.8 Å². The molecule has 0 bridgehead atoms. The molecule has 0 amide bonds. The average molecular weight is 248 g/mol. The molecule has 0 spiro atoms. The SMILES string of the molecule is CN(Cc1ccc2c(c1)ncn2C)CC(N)CO. The van der Waals surface area contributed by atoms with E-state index in [-0.39, 0.29) is 12.6 Å². The van der Waals surface area contributed by atoms with E-state index in [4.69, 9.17) is 10.8 Å². The highest BCUT2D eigenvalue weighted by Gasteiger charge is 2.07. The van der Waals surface area contributed by atoms with Crippen LogP contribution < -0.4 is 5.73 Å². The molecule has 5 heteroatoms. The summed E-state index contributed by atoms with van der Waals surface area (Å²) in [4.78, 5) is 6.45. The summed E-state index contributed by atoms with van der Waals surface area (Å²) in [5, 5.41) is 8.93. The van der Waals surface area contributed by atoms with Crippen LogP contribution in [0.2, 0.25) is 0 Å². The van der Waals surface area contributed by atoms with Crippen LogP contribution in [0.15, 0.2) is 24.5 Å². The van der Waals surface area contributed by atoms with Gasteiger partial charge in [-0.25, -0.2) is 4.98 Å². The zero-order valence-electron chi connectivity index (χ0n) is 10.9. The Labute approximate surface area is 107 Å². The quantitative estimate of drug-likeness (QED) is 0.800. The topological polar surface area (TPSA) is 67.3 Å². The van der Waals surface area contributed by atoms with Gasteiger partial charge >= 0.3 is 0 Å². The highest BCUT2D eigenvalue weighted by Crippen LogP contribution is 2.14. The van der Waals surface area contributed by atoms with Gasteiger partial charge in [-0.2, -0.15) is 0 Å². The van der Waals surface area contributed by atoms with E-state index in [9.17, 15) is 0 Å². The van der Waals surface area contributed by atoms with Crippen molar-refractivity contribution in [3.8, 4) is 0 Å². The first-order valence-corrected chi connectivity index (χ1v) is 6.05. The van der Waals surface area contributed by atoms with E-state index in [1.807, 2.05) is 25.0 Å². The largest absolute Gasteiger partial charge is 0.395 e. The number of hydrogen-bond donors (Lipinski definition) is 2. The van der Waals surface area contributed by atoms with E-state index in [0.29, 0.717) is 6.54 Å². The van der Waals surface area contributed by atoms with Crippen LogP contribution >= 0.6 is 0 Å². The predicted molar refractivity (Wildman–Crippen MR) is 72.1 cm³/mol. The fraction of sp³-hybridized carbons (Fsp3) is 0.462. The Morgan fingerprint density at radius 3 is 3.00 bits per heavy atom. The van der Waals surface area contributed by atoms with Crippen LogP contribution in [0.5, 0.6) is 0 Å². The molecular formula is C13H20N4O. The molecular weight excluding hydrogens is 228 g/mol. The Hall–Kier alpha value is -1.43. The number of likely N-dealkylation sites (N-methyl/N-ethyl adjacent to an activating group) is 1. The summed E-state index contributed by atoms with van der Waals surface area (Å²) in [6.45, 7) is 1.50. The van der Waals surface area contributed by atoms with Crippen molar-refractivity contribution in [3.63, 3.8) is 0 Å². The van der Waals surface area contributed by atoms with Crippen LogP contribution in [-0.2, 0) is 13.6 Å². The van der Waals surface area contributed by atoms with Crippen molar-refractivity contribution in [1.82, 2.24) is 14.5 Å². The molecule has 1 unspecified atom stereocenters. The third-order valence-corrected chi connectivity index (χ3v) is 3.02. The van der Waals surface area contributed by atoms with Crippen LogP contribution in [0.1, 0.15) is 5.56 Å². The highest BCUT2D eigenvalue weighted by atomic mass is 16.3. The van der Waals surface area contributed by atoms with Crippen LogP contribution in [0.3, 0.4) is 0 Å². The van der Waals surface area contributed by atoms with Gasteiger partial charge in [0.1, 0.15) is 0 Å². The van der Waals surface area contributed by atoms with Crippen molar-refractivity contribution in [2.75, 3.05) is 20.2 Å². The van der Waals surface area contributed by atoms with E-state index in [0.717, 1.165) is 17.6 Å². The first-order chi connectivity index (χ1) is 8.60. The van der Waals surface area contributed by atoms with E-state index in [2.05, 4.69) is 28.1 Å². The van der Waals surface area contributed by atoms with Gasteiger partial charge in [-0.1, -0.05) is 6.07 Å². The number of imidazole rings is 1. The molecule has 98 valence electrons. The molecule has 0 saturated carbocycles. The van der Waals surface area contributed by atoms with Gasteiger partial charge in [0.25, 0.3) is 0 Å². The first kappa shape index (κ1) is 13.0. The van der Waals surface area contributed by atoms with Gasteiger partial charge in [-0.05, 0) is 24.7 Å². The van der Waals surface area contributed by atoms with Crippen LogP contribution in [-0.4, -0.2) is 45.8 Å². The number of aryl methyl sites for hydroxylation is 1. The normalized spacial score (nSPS) is 13.4. The zero-order valence-corrected chi connectivity index (χ0v) is 10.9. The van der Waals surface area contributed by atoms with Gasteiger partial charge < -0.3 is 20.3 Å². The minimum Gasteiger partial charge on any atom is -0.395 e. The second-order valence-electron chi connectivity index (χ2n) is 4.82. The summed E-state index contributed by atoms with van der Waals surface area (Å²) in [7, 11) is 3.99. The molecule has 2 aromatic rings. The minimum atomic E-state index is -0.186. The number of benzene rings is 1. The number of fused-ring (bicyclic) bond motifs is 1. The van der Waals surface area contributed by atoms with Gasteiger partial charge in [0, 0.05) is 26.2 Å². The highest BCUT2D eigenvalue weighted by molar-refractivity contribution is 5.75. The number of aromatic nitrogens is 2. The van der Waals surface area contributed by atoms with E-state index in [1.165, 1.54) is 5.56 Å². The second-order valence-corrected chi connectivity index (χ2v) is 4.82. The number of aliphatic hydroxyl groups is 1. The van der Waals surface area contributed by atoms with Crippen molar-refractivity contribution >= 4 is 11.0 Å². The summed E-state index contributed by atoms with van der Waals surface area (Å²) in [5.74, 6) is 0. The molecule has 0 aliphatic rings. The number of rotatable bonds is 5. The smallest absolute Gasteiger partial charge is 0.0955 e. The molecule has 3 N–H and O–H groups in total. The molecule has 0 saturated heterocycles. The predicted octanol–water partition coefficient (Wildman–Crippen LogP) is 0.325. The van der Waals surface area contributed by atoms with E-state index < -0.39 is 0 Å². The Bertz CT molecular complexity index is 523. The fourth-order valence-corrected chi connectivity index (χ4v) is 2.11. The molecule has 1 aromatic heterocycles. The zero-order chi connectivity index (χ0) is 13.1. The first-order valence-electron chi connectivity index (χ1n) is 6.05. The van der Waals surface area contributed by atoms with Crippen LogP contribution in [0.4, 0.5) is 0 Å². The standard InChI is InChI=1S/C13H20N4O/c1-16(7-11(14)8-18)6-10-3-4-13-12(5-10)15-9-17(13)2/h3-5,9,11,18H,6-8,14H2,1-2H3. The van der Waals surface area contributed by atoms with Crippen molar-refractivity contribution < 1.29 is 5.11 Å². The monoisotopic (exact) mass is 248 g/mol. The molecule has 1 aromatic carbocycles. The lowest BCUT2D eigenvalue weighted by Crippen LogP contribution is -2.37. The molecule has 0 fully saturated rings. The lowest BCUT2D eigenvalue weighted by atomic mass is 10.2. The molecule has 5 nitrogen and oxygen atoms in total. The third kappa shape index (κ3) is 2.87. The Balaban J connectivity index is 2.07. The number of nitrogens with two attached hydrogens (primary N) is 1.